The Labute approximate surface area is 119 Å². The van der Waals surface area contributed by atoms with E-state index in [2.05, 4.69) is 0 Å². The maximum atomic E-state index is 11.5. The maximum absolute atomic E-state index is 11.5. The van der Waals surface area contributed by atoms with Crippen LogP contribution in [0.4, 0.5) is 9.59 Å². The van der Waals surface area contributed by atoms with E-state index >= 15 is 0 Å². The molecule has 20 heavy (non-hydrogen) atoms. The summed E-state index contributed by atoms with van der Waals surface area (Å²) in [6, 6.07) is 0. The van der Waals surface area contributed by atoms with Crippen molar-refractivity contribution >= 4 is 12.2 Å². The summed E-state index contributed by atoms with van der Waals surface area (Å²) in [5, 5.41) is 0. The molecule has 0 aromatic rings. The second-order valence-electron chi connectivity index (χ2n) is 5.01. The third-order valence-electron chi connectivity index (χ3n) is 3.50. The zero-order valence-electron chi connectivity index (χ0n) is 11.8. The van der Waals surface area contributed by atoms with Gasteiger partial charge in [0, 0.05) is 26.2 Å². The predicted octanol–water partition coefficient (Wildman–Crippen LogP) is 2.01. The van der Waals surface area contributed by atoms with Crippen LogP contribution in [0.1, 0.15) is 25.7 Å². The van der Waals surface area contributed by atoms with E-state index in [0.717, 1.165) is 51.9 Å². The minimum Gasteiger partial charge on any atom is -0.445 e. The second kappa shape index (κ2) is 7.77. The predicted molar refractivity (Wildman–Crippen MR) is 73.5 cm³/mol. The minimum absolute atomic E-state index is 0.219. The van der Waals surface area contributed by atoms with Crippen molar-refractivity contribution in [2.45, 2.75) is 25.7 Å². The molecular weight excluding hydrogens is 260 g/mol. The molecule has 2 fully saturated rings. The first-order chi connectivity index (χ1) is 9.77. The Bertz CT molecular complexity index is 324. The highest BCUT2D eigenvalue weighted by atomic mass is 16.6. The smallest absolute Gasteiger partial charge is 0.410 e. The van der Waals surface area contributed by atoms with E-state index in [0.29, 0.717) is 0 Å². The van der Waals surface area contributed by atoms with Gasteiger partial charge in [-0.15, -0.1) is 0 Å². The molecule has 0 saturated carbocycles. The lowest BCUT2D eigenvalue weighted by Gasteiger charge is -2.14. The van der Waals surface area contributed by atoms with E-state index in [1.807, 2.05) is 0 Å². The van der Waals surface area contributed by atoms with Crippen LogP contribution in [0.3, 0.4) is 0 Å². The van der Waals surface area contributed by atoms with Crippen molar-refractivity contribution in [3.05, 3.63) is 12.2 Å². The molecule has 2 saturated heterocycles. The van der Waals surface area contributed by atoms with Crippen molar-refractivity contribution in [3.63, 3.8) is 0 Å². The van der Waals surface area contributed by atoms with Gasteiger partial charge in [-0.05, 0) is 37.8 Å². The summed E-state index contributed by atoms with van der Waals surface area (Å²) >= 11 is 0. The quantitative estimate of drug-likeness (QED) is 0.740. The first kappa shape index (κ1) is 14.7. The van der Waals surface area contributed by atoms with E-state index in [1.165, 1.54) is 0 Å². The Morgan fingerprint density at radius 3 is 1.45 bits per heavy atom. The highest BCUT2D eigenvalue weighted by Gasteiger charge is 2.19. The molecule has 0 spiro atoms. The fraction of sp³-hybridized carbons (Fsp3) is 0.714. The van der Waals surface area contributed by atoms with Gasteiger partial charge in [-0.2, -0.15) is 0 Å². The number of carbonyl (C=O) groups is 2. The summed E-state index contributed by atoms with van der Waals surface area (Å²) in [5.41, 5.74) is 0. The van der Waals surface area contributed by atoms with Gasteiger partial charge in [0.05, 0.1) is 0 Å². The van der Waals surface area contributed by atoms with Gasteiger partial charge in [-0.3, -0.25) is 0 Å². The Kier molecular flexibility index (Phi) is 5.70. The number of rotatable bonds is 4. The summed E-state index contributed by atoms with van der Waals surface area (Å²) in [6.07, 6.45) is 7.09. The number of nitrogens with zero attached hydrogens (tertiary/aromatic N) is 2. The summed E-state index contributed by atoms with van der Waals surface area (Å²) in [4.78, 5) is 26.5. The van der Waals surface area contributed by atoms with Gasteiger partial charge < -0.3 is 19.3 Å². The number of likely N-dealkylation sites (tertiary alicyclic amines) is 2. The van der Waals surface area contributed by atoms with Crippen LogP contribution in [0.2, 0.25) is 0 Å². The van der Waals surface area contributed by atoms with E-state index in [4.69, 9.17) is 9.47 Å². The highest BCUT2D eigenvalue weighted by Crippen LogP contribution is 2.09. The third-order valence-corrected chi connectivity index (χ3v) is 3.50. The lowest BCUT2D eigenvalue weighted by atomic mass is 10.4. The molecule has 2 amide bonds. The molecule has 2 heterocycles. The van der Waals surface area contributed by atoms with Gasteiger partial charge in [0.15, 0.2) is 0 Å². The summed E-state index contributed by atoms with van der Waals surface area (Å²) in [6.45, 7) is 3.59. The average molecular weight is 282 g/mol. The van der Waals surface area contributed by atoms with Gasteiger partial charge in [0.2, 0.25) is 0 Å². The maximum Gasteiger partial charge on any atom is 0.410 e. The molecule has 0 unspecified atom stereocenters. The van der Waals surface area contributed by atoms with E-state index in [9.17, 15) is 9.59 Å². The zero-order chi connectivity index (χ0) is 14.2. The zero-order valence-corrected chi connectivity index (χ0v) is 11.8. The van der Waals surface area contributed by atoms with Gasteiger partial charge in [-0.25, -0.2) is 9.59 Å². The molecule has 0 atom stereocenters. The molecule has 0 N–H and O–H groups in total. The lowest BCUT2D eigenvalue weighted by Crippen LogP contribution is -2.28. The number of hydrogen-bond donors (Lipinski definition) is 0. The van der Waals surface area contributed by atoms with Gasteiger partial charge in [-0.1, -0.05) is 0 Å². The van der Waals surface area contributed by atoms with Crippen LogP contribution in [0.5, 0.6) is 0 Å². The Hall–Kier alpha value is -1.72. The Morgan fingerprint density at radius 1 is 0.750 bits per heavy atom. The fourth-order valence-electron chi connectivity index (χ4n) is 2.36. The van der Waals surface area contributed by atoms with Gasteiger partial charge >= 0.3 is 12.2 Å². The molecular formula is C14H22N2O4. The Balaban J connectivity index is 1.52. The van der Waals surface area contributed by atoms with Crippen LogP contribution in [0.15, 0.2) is 12.2 Å². The standard InChI is InChI=1S/C14H22N2O4/c17-13(15-7-1-2-8-15)19-11-5-6-12-20-14(18)16-9-3-4-10-16/h5-6H,1-4,7-12H2/b6-5-. The van der Waals surface area contributed by atoms with Crippen LogP contribution in [-0.2, 0) is 9.47 Å². The van der Waals surface area contributed by atoms with Gasteiger partial charge in [0.25, 0.3) is 0 Å². The van der Waals surface area contributed by atoms with Crippen molar-refractivity contribution in [2.24, 2.45) is 0 Å². The van der Waals surface area contributed by atoms with Crippen molar-refractivity contribution in [3.8, 4) is 0 Å². The highest BCUT2D eigenvalue weighted by molar-refractivity contribution is 5.68. The van der Waals surface area contributed by atoms with Crippen LogP contribution >= 0.6 is 0 Å². The molecule has 0 aromatic carbocycles. The number of hydrogen-bond acceptors (Lipinski definition) is 4. The molecule has 0 radical (unpaired) electrons. The summed E-state index contributed by atoms with van der Waals surface area (Å²) in [5.74, 6) is 0. The SMILES string of the molecule is O=C(OC/C=C\COC(=O)N1CCCC1)N1CCCC1. The van der Waals surface area contributed by atoms with Crippen LogP contribution in [-0.4, -0.2) is 61.4 Å². The number of amides is 2. The van der Waals surface area contributed by atoms with E-state index < -0.39 is 0 Å². The molecule has 2 rings (SSSR count). The van der Waals surface area contributed by atoms with E-state index in [1.54, 1.807) is 22.0 Å². The third kappa shape index (κ3) is 4.43. The summed E-state index contributed by atoms with van der Waals surface area (Å²) in [7, 11) is 0. The average Bonchev–Trinajstić information content (AvgIpc) is 3.14. The number of ether oxygens (including phenoxy) is 2. The van der Waals surface area contributed by atoms with E-state index in [-0.39, 0.29) is 25.4 Å². The largest absolute Gasteiger partial charge is 0.445 e. The molecule has 0 bridgehead atoms. The first-order valence-corrected chi connectivity index (χ1v) is 7.26. The molecule has 0 aromatic heterocycles. The van der Waals surface area contributed by atoms with Crippen molar-refractivity contribution in [1.29, 1.82) is 0 Å². The summed E-state index contributed by atoms with van der Waals surface area (Å²) < 4.78 is 10.2. The van der Waals surface area contributed by atoms with Crippen LogP contribution in [0.25, 0.3) is 0 Å². The van der Waals surface area contributed by atoms with Crippen LogP contribution < -0.4 is 0 Å². The van der Waals surface area contributed by atoms with Crippen LogP contribution in [0, 0.1) is 0 Å². The molecule has 6 heteroatoms. The topological polar surface area (TPSA) is 59.1 Å². The fourth-order valence-corrected chi connectivity index (χ4v) is 2.36. The van der Waals surface area contributed by atoms with Crippen molar-refractivity contribution in [2.75, 3.05) is 39.4 Å². The minimum atomic E-state index is -0.263. The van der Waals surface area contributed by atoms with Gasteiger partial charge in [0.1, 0.15) is 13.2 Å². The first-order valence-electron chi connectivity index (χ1n) is 7.26. The van der Waals surface area contributed by atoms with Crippen molar-refractivity contribution < 1.29 is 19.1 Å². The molecule has 0 aliphatic carbocycles. The Morgan fingerprint density at radius 2 is 1.10 bits per heavy atom. The molecule has 112 valence electrons. The molecule has 6 nitrogen and oxygen atoms in total. The normalized spacial score (nSPS) is 18.8. The molecule has 2 aliphatic rings. The molecule has 2 aliphatic heterocycles. The van der Waals surface area contributed by atoms with Crippen molar-refractivity contribution in [1.82, 2.24) is 9.80 Å². The monoisotopic (exact) mass is 282 g/mol. The lowest BCUT2D eigenvalue weighted by molar-refractivity contribution is 0.117. The second-order valence-corrected chi connectivity index (χ2v) is 5.01. The number of carbonyl (C=O) groups excluding carboxylic acids is 2.